The molecule has 0 aliphatic carbocycles. The number of nitrogens with one attached hydrogen (secondary N) is 1. The van der Waals surface area contributed by atoms with Gasteiger partial charge in [0, 0.05) is 10.9 Å². The second-order valence-corrected chi connectivity index (χ2v) is 4.11. The molecule has 2 rings (SSSR count). The van der Waals surface area contributed by atoms with Crippen LogP contribution in [0.2, 0.25) is 0 Å². The highest BCUT2D eigenvalue weighted by molar-refractivity contribution is 7.10. The van der Waals surface area contributed by atoms with Gasteiger partial charge in [-0.2, -0.15) is 0 Å². The maximum absolute atomic E-state index is 9.05. The summed E-state index contributed by atoms with van der Waals surface area (Å²) in [7, 11) is 0. The van der Waals surface area contributed by atoms with Crippen molar-refractivity contribution < 1.29 is 5.11 Å². The van der Waals surface area contributed by atoms with Gasteiger partial charge in [0.15, 0.2) is 0 Å². The topological polar surface area (TPSA) is 32.3 Å². The van der Waals surface area contributed by atoms with Crippen LogP contribution in [0.3, 0.4) is 0 Å². The number of rotatable bonds is 2. The van der Waals surface area contributed by atoms with E-state index in [0.717, 1.165) is 11.4 Å². The fraction of sp³-hybridized carbons (Fsp3) is 0.556. The molecule has 0 bridgehead atoms. The Balaban J connectivity index is 2.19. The van der Waals surface area contributed by atoms with Crippen LogP contribution in [0.4, 0.5) is 0 Å². The zero-order valence-corrected chi connectivity index (χ0v) is 7.73. The lowest BCUT2D eigenvalue weighted by atomic mass is 10.1. The Kier molecular flexibility index (Phi) is 2.44. The molecule has 2 nitrogen and oxygen atoms in total. The van der Waals surface area contributed by atoms with E-state index in [-0.39, 0.29) is 6.61 Å². The Morgan fingerprint density at radius 1 is 1.67 bits per heavy atom. The van der Waals surface area contributed by atoms with Gasteiger partial charge in [0.25, 0.3) is 0 Å². The third-order valence-corrected chi connectivity index (χ3v) is 3.28. The van der Waals surface area contributed by atoms with Gasteiger partial charge in [-0.3, -0.25) is 0 Å². The van der Waals surface area contributed by atoms with Gasteiger partial charge in [-0.05, 0) is 36.4 Å². The van der Waals surface area contributed by atoms with Crippen LogP contribution in [-0.4, -0.2) is 11.7 Å². The van der Waals surface area contributed by atoms with Crippen LogP contribution in [-0.2, 0) is 6.61 Å². The summed E-state index contributed by atoms with van der Waals surface area (Å²) in [5, 5.41) is 14.5. The van der Waals surface area contributed by atoms with Crippen molar-refractivity contribution in [3.63, 3.8) is 0 Å². The highest BCUT2D eigenvalue weighted by Gasteiger charge is 2.19. The summed E-state index contributed by atoms with van der Waals surface area (Å²) in [6.07, 6.45) is 2.47. The van der Waals surface area contributed by atoms with E-state index < -0.39 is 0 Å². The molecule has 3 heteroatoms. The lowest BCUT2D eigenvalue weighted by Gasteiger charge is -2.09. The molecule has 0 radical (unpaired) electrons. The summed E-state index contributed by atoms with van der Waals surface area (Å²) in [6, 6.07) is 2.62. The number of aliphatic hydroxyl groups excluding tert-OH is 1. The van der Waals surface area contributed by atoms with Crippen LogP contribution in [0.25, 0.3) is 0 Å². The Labute approximate surface area is 76.2 Å². The van der Waals surface area contributed by atoms with Gasteiger partial charge in [0.1, 0.15) is 0 Å². The molecule has 1 aliphatic heterocycles. The summed E-state index contributed by atoms with van der Waals surface area (Å²) >= 11 is 1.65. The Morgan fingerprint density at radius 3 is 3.25 bits per heavy atom. The molecule has 1 atom stereocenters. The molecule has 2 heterocycles. The zero-order valence-electron chi connectivity index (χ0n) is 6.92. The van der Waals surface area contributed by atoms with Crippen LogP contribution in [0.5, 0.6) is 0 Å². The molecule has 1 aromatic rings. The first kappa shape index (κ1) is 8.23. The van der Waals surface area contributed by atoms with Crippen molar-refractivity contribution >= 4 is 11.3 Å². The molecule has 12 heavy (non-hydrogen) atoms. The Morgan fingerprint density at radius 2 is 2.58 bits per heavy atom. The molecule has 1 aliphatic rings. The first-order chi connectivity index (χ1) is 5.92. The normalized spacial score (nSPS) is 23.2. The quantitative estimate of drug-likeness (QED) is 0.731. The Bertz CT molecular complexity index is 253. The molecule has 0 spiro atoms. The molecule has 0 amide bonds. The van der Waals surface area contributed by atoms with E-state index >= 15 is 0 Å². The molecule has 0 saturated carbocycles. The average molecular weight is 183 g/mol. The van der Waals surface area contributed by atoms with Gasteiger partial charge in [-0.15, -0.1) is 11.3 Å². The minimum Gasteiger partial charge on any atom is -0.391 e. The van der Waals surface area contributed by atoms with Crippen molar-refractivity contribution in [1.29, 1.82) is 0 Å². The lowest BCUT2D eigenvalue weighted by Crippen LogP contribution is -2.13. The van der Waals surface area contributed by atoms with Crippen molar-refractivity contribution in [2.75, 3.05) is 6.54 Å². The summed E-state index contributed by atoms with van der Waals surface area (Å²) in [5.74, 6) is 0. The van der Waals surface area contributed by atoms with E-state index in [9.17, 15) is 0 Å². The van der Waals surface area contributed by atoms with Gasteiger partial charge < -0.3 is 10.4 Å². The molecule has 1 unspecified atom stereocenters. The molecule has 66 valence electrons. The second-order valence-electron chi connectivity index (χ2n) is 3.11. The van der Waals surface area contributed by atoms with Gasteiger partial charge in [-0.1, -0.05) is 0 Å². The van der Waals surface area contributed by atoms with E-state index in [4.69, 9.17) is 5.11 Å². The summed E-state index contributed by atoms with van der Waals surface area (Å²) in [6.45, 7) is 1.30. The lowest BCUT2D eigenvalue weighted by molar-refractivity contribution is 0.283. The molecule has 1 aromatic heterocycles. The zero-order chi connectivity index (χ0) is 8.39. The Hall–Kier alpha value is -0.380. The average Bonchev–Trinajstić information content (AvgIpc) is 2.74. The third-order valence-electron chi connectivity index (χ3n) is 2.36. The maximum Gasteiger partial charge on any atom is 0.0777 e. The largest absolute Gasteiger partial charge is 0.391 e. The predicted molar refractivity (Wildman–Crippen MR) is 50.2 cm³/mol. The fourth-order valence-corrected chi connectivity index (χ4v) is 2.54. The number of aliphatic hydroxyl groups is 1. The van der Waals surface area contributed by atoms with E-state index in [2.05, 4.69) is 16.8 Å². The highest BCUT2D eigenvalue weighted by atomic mass is 32.1. The molecular formula is C9H13NOS. The third kappa shape index (κ3) is 1.40. The SMILES string of the molecule is OCc1sccc1C1CCCN1. The van der Waals surface area contributed by atoms with Crippen molar-refractivity contribution in [1.82, 2.24) is 5.32 Å². The number of hydrogen-bond donors (Lipinski definition) is 2. The smallest absolute Gasteiger partial charge is 0.0777 e. The van der Waals surface area contributed by atoms with Crippen LogP contribution in [0.1, 0.15) is 29.3 Å². The van der Waals surface area contributed by atoms with Crippen molar-refractivity contribution in [2.45, 2.75) is 25.5 Å². The highest BCUT2D eigenvalue weighted by Crippen LogP contribution is 2.29. The minimum atomic E-state index is 0.186. The van der Waals surface area contributed by atoms with Gasteiger partial charge in [0.05, 0.1) is 6.61 Å². The van der Waals surface area contributed by atoms with E-state index in [1.807, 2.05) is 0 Å². The van der Waals surface area contributed by atoms with Gasteiger partial charge >= 0.3 is 0 Å². The number of hydrogen-bond acceptors (Lipinski definition) is 3. The van der Waals surface area contributed by atoms with Crippen LogP contribution in [0, 0.1) is 0 Å². The molecule has 1 fully saturated rings. The summed E-state index contributed by atoms with van der Waals surface area (Å²) in [5.41, 5.74) is 1.31. The first-order valence-corrected chi connectivity index (χ1v) is 5.20. The molecule has 2 N–H and O–H groups in total. The van der Waals surface area contributed by atoms with E-state index in [1.165, 1.54) is 18.4 Å². The van der Waals surface area contributed by atoms with Crippen molar-refractivity contribution in [2.24, 2.45) is 0 Å². The predicted octanol–water partition coefficient (Wildman–Crippen LogP) is 1.66. The number of thiophene rings is 1. The van der Waals surface area contributed by atoms with Crippen molar-refractivity contribution in [3.05, 3.63) is 21.9 Å². The van der Waals surface area contributed by atoms with Crippen molar-refractivity contribution in [3.8, 4) is 0 Å². The summed E-state index contributed by atoms with van der Waals surface area (Å²) in [4.78, 5) is 1.12. The fourth-order valence-electron chi connectivity index (χ4n) is 1.74. The van der Waals surface area contributed by atoms with E-state index in [1.54, 1.807) is 11.3 Å². The van der Waals surface area contributed by atoms with Crippen LogP contribution < -0.4 is 5.32 Å². The minimum absolute atomic E-state index is 0.186. The monoisotopic (exact) mass is 183 g/mol. The van der Waals surface area contributed by atoms with Gasteiger partial charge in [-0.25, -0.2) is 0 Å². The van der Waals surface area contributed by atoms with E-state index in [0.29, 0.717) is 6.04 Å². The van der Waals surface area contributed by atoms with Crippen LogP contribution >= 0.6 is 11.3 Å². The maximum atomic E-state index is 9.05. The molecule has 0 aromatic carbocycles. The second kappa shape index (κ2) is 3.56. The molecular weight excluding hydrogens is 170 g/mol. The summed E-state index contributed by atoms with van der Waals surface area (Å²) < 4.78 is 0. The van der Waals surface area contributed by atoms with Gasteiger partial charge in [0.2, 0.25) is 0 Å². The standard InChI is InChI=1S/C9H13NOS/c11-6-9-7(3-5-12-9)8-2-1-4-10-8/h3,5,8,10-11H,1-2,4,6H2. The molecule has 1 saturated heterocycles. The first-order valence-electron chi connectivity index (χ1n) is 4.32. The van der Waals surface area contributed by atoms with Crippen LogP contribution in [0.15, 0.2) is 11.4 Å².